The minimum absolute atomic E-state index is 0.164. The van der Waals surface area contributed by atoms with Crippen LogP contribution in [0.3, 0.4) is 0 Å². The van der Waals surface area contributed by atoms with E-state index < -0.39 is 5.91 Å². The fourth-order valence-electron chi connectivity index (χ4n) is 1.24. The highest BCUT2D eigenvalue weighted by Gasteiger charge is 2.29. The predicted octanol–water partition coefficient (Wildman–Crippen LogP) is -0.0318. The van der Waals surface area contributed by atoms with E-state index in [9.17, 15) is 4.79 Å². The lowest BCUT2D eigenvalue weighted by atomic mass is 10.2. The van der Waals surface area contributed by atoms with Crippen LogP contribution >= 0.6 is 0 Å². The summed E-state index contributed by atoms with van der Waals surface area (Å²) in [6, 6.07) is 0. The number of aromatic amines is 1. The first-order valence-corrected chi connectivity index (χ1v) is 3.83. The Bertz CT molecular complexity index is 326. The van der Waals surface area contributed by atoms with Gasteiger partial charge in [-0.25, -0.2) is 0 Å². The Morgan fingerprint density at radius 3 is 2.67 bits per heavy atom. The summed E-state index contributed by atoms with van der Waals surface area (Å²) in [5.74, 6) is -0.110. The van der Waals surface area contributed by atoms with Crippen LogP contribution in [0.2, 0.25) is 0 Å². The summed E-state index contributed by atoms with van der Waals surface area (Å²) in [6.07, 6.45) is 2.23. The number of H-pyrrole nitrogens is 1. The minimum Gasteiger partial charge on any atom is -0.395 e. The van der Waals surface area contributed by atoms with E-state index in [4.69, 9.17) is 11.5 Å². The van der Waals surface area contributed by atoms with Crippen LogP contribution in [0.1, 0.15) is 34.9 Å². The van der Waals surface area contributed by atoms with Crippen LogP contribution in [-0.2, 0) is 0 Å². The summed E-state index contributed by atoms with van der Waals surface area (Å²) in [5, 5.41) is 6.49. The maximum Gasteiger partial charge on any atom is 0.271 e. The number of primary amides is 1. The average molecular weight is 166 g/mol. The minimum atomic E-state index is -0.573. The lowest BCUT2D eigenvalue weighted by molar-refractivity contribution is 0.0996. The predicted molar refractivity (Wildman–Crippen MR) is 43.5 cm³/mol. The van der Waals surface area contributed by atoms with Crippen LogP contribution in [0.4, 0.5) is 5.69 Å². The number of hydrogen-bond donors (Lipinski definition) is 3. The Hall–Kier alpha value is -1.52. The molecule has 0 spiro atoms. The Balaban J connectivity index is 2.39. The highest BCUT2D eigenvalue weighted by Crippen LogP contribution is 2.41. The van der Waals surface area contributed by atoms with Gasteiger partial charge in [-0.2, -0.15) is 5.10 Å². The molecule has 0 bridgehead atoms. The summed E-state index contributed by atoms with van der Waals surface area (Å²) < 4.78 is 0. The Morgan fingerprint density at radius 1 is 1.58 bits per heavy atom. The van der Waals surface area contributed by atoms with Gasteiger partial charge in [0.05, 0.1) is 11.4 Å². The number of carbonyl (C=O) groups excluding carboxylic acids is 1. The molecule has 0 unspecified atom stereocenters. The van der Waals surface area contributed by atoms with Crippen molar-refractivity contribution >= 4 is 11.6 Å². The molecule has 1 aliphatic carbocycles. The van der Waals surface area contributed by atoms with E-state index >= 15 is 0 Å². The molecule has 0 saturated heterocycles. The second-order valence-electron chi connectivity index (χ2n) is 3.04. The standard InChI is InChI=1S/C7H10N4O/c8-4-5(3-1-2-3)10-11-6(4)7(9)12/h3H,1-2,8H2,(H2,9,12)(H,10,11). The normalized spacial score (nSPS) is 16.3. The molecule has 2 rings (SSSR count). The molecule has 1 amide bonds. The van der Waals surface area contributed by atoms with E-state index in [1.165, 1.54) is 0 Å². The van der Waals surface area contributed by atoms with Crippen LogP contribution < -0.4 is 11.5 Å². The lowest BCUT2D eigenvalue weighted by Gasteiger charge is -1.93. The van der Waals surface area contributed by atoms with Crippen molar-refractivity contribution in [3.63, 3.8) is 0 Å². The monoisotopic (exact) mass is 166 g/mol. The summed E-state index contributed by atoms with van der Waals surface area (Å²) >= 11 is 0. The average Bonchev–Trinajstić information content (AvgIpc) is 2.75. The molecule has 0 radical (unpaired) electrons. The van der Waals surface area contributed by atoms with E-state index in [0.717, 1.165) is 18.5 Å². The van der Waals surface area contributed by atoms with E-state index in [0.29, 0.717) is 11.6 Å². The fraction of sp³-hybridized carbons (Fsp3) is 0.429. The molecule has 5 N–H and O–H groups in total. The zero-order chi connectivity index (χ0) is 8.72. The number of aromatic nitrogens is 2. The maximum atomic E-state index is 10.7. The molecule has 1 aromatic heterocycles. The van der Waals surface area contributed by atoms with Crippen molar-refractivity contribution in [1.82, 2.24) is 10.2 Å². The van der Waals surface area contributed by atoms with E-state index in [1.54, 1.807) is 0 Å². The molecule has 64 valence electrons. The Labute approximate surface area is 69.1 Å². The molecule has 1 heterocycles. The molecule has 0 aliphatic heterocycles. The zero-order valence-corrected chi connectivity index (χ0v) is 6.50. The molecule has 1 aromatic rings. The quantitative estimate of drug-likeness (QED) is 0.575. The number of nitrogen functional groups attached to an aromatic ring is 1. The molecule has 5 heteroatoms. The zero-order valence-electron chi connectivity index (χ0n) is 6.50. The third-order valence-corrected chi connectivity index (χ3v) is 2.05. The van der Waals surface area contributed by atoms with Gasteiger partial charge in [0.1, 0.15) is 0 Å². The van der Waals surface area contributed by atoms with Gasteiger partial charge in [0.25, 0.3) is 5.91 Å². The first kappa shape index (κ1) is 7.15. The van der Waals surface area contributed by atoms with Gasteiger partial charge in [-0.3, -0.25) is 9.89 Å². The van der Waals surface area contributed by atoms with Crippen molar-refractivity contribution in [3.8, 4) is 0 Å². The van der Waals surface area contributed by atoms with Crippen molar-refractivity contribution in [2.75, 3.05) is 5.73 Å². The summed E-state index contributed by atoms with van der Waals surface area (Å²) in [4.78, 5) is 10.7. The van der Waals surface area contributed by atoms with Gasteiger partial charge in [-0.1, -0.05) is 0 Å². The van der Waals surface area contributed by atoms with E-state index in [1.807, 2.05) is 0 Å². The third kappa shape index (κ3) is 0.939. The van der Waals surface area contributed by atoms with Crippen molar-refractivity contribution in [1.29, 1.82) is 0 Å². The molecule has 1 fully saturated rings. The second-order valence-corrected chi connectivity index (χ2v) is 3.04. The van der Waals surface area contributed by atoms with E-state index in [-0.39, 0.29) is 5.69 Å². The Kier molecular flexibility index (Phi) is 1.33. The molecule has 1 aliphatic rings. The maximum absolute atomic E-state index is 10.7. The number of nitrogens with zero attached hydrogens (tertiary/aromatic N) is 1. The summed E-state index contributed by atoms with van der Waals surface area (Å²) in [6.45, 7) is 0. The topological polar surface area (TPSA) is 97.8 Å². The molecule has 1 saturated carbocycles. The smallest absolute Gasteiger partial charge is 0.271 e. The molecule has 12 heavy (non-hydrogen) atoms. The molecule has 0 aromatic carbocycles. The highest BCUT2D eigenvalue weighted by atomic mass is 16.1. The van der Waals surface area contributed by atoms with E-state index in [2.05, 4.69) is 10.2 Å². The number of rotatable bonds is 2. The molecular weight excluding hydrogens is 156 g/mol. The van der Waals surface area contributed by atoms with Crippen LogP contribution in [0, 0.1) is 0 Å². The first-order chi connectivity index (χ1) is 5.70. The van der Waals surface area contributed by atoms with Crippen molar-refractivity contribution in [2.45, 2.75) is 18.8 Å². The van der Waals surface area contributed by atoms with Crippen LogP contribution in [0.5, 0.6) is 0 Å². The third-order valence-electron chi connectivity index (χ3n) is 2.05. The lowest BCUT2D eigenvalue weighted by Crippen LogP contribution is -2.13. The van der Waals surface area contributed by atoms with Gasteiger partial charge in [-0.15, -0.1) is 0 Å². The van der Waals surface area contributed by atoms with Gasteiger partial charge in [0.15, 0.2) is 5.69 Å². The summed E-state index contributed by atoms with van der Waals surface area (Å²) in [7, 11) is 0. The van der Waals surface area contributed by atoms with Gasteiger partial charge in [0, 0.05) is 5.92 Å². The first-order valence-electron chi connectivity index (χ1n) is 3.83. The largest absolute Gasteiger partial charge is 0.395 e. The van der Waals surface area contributed by atoms with Gasteiger partial charge >= 0.3 is 0 Å². The fourth-order valence-corrected chi connectivity index (χ4v) is 1.24. The van der Waals surface area contributed by atoms with Gasteiger partial charge in [-0.05, 0) is 12.8 Å². The molecular formula is C7H10N4O. The van der Waals surface area contributed by atoms with Gasteiger partial charge < -0.3 is 11.5 Å². The van der Waals surface area contributed by atoms with Crippen LogP contribution in [0.25, 0.3) is 0 Å². The molecule has 5 nitrogen and oxygen atoms in total. The van der Waals surface area contributed by atoms with Crippen molar-refractivity contribution < 1.29 is 4.79 Å². The number of nitrogens with one attached hydrogen (secondary N) is 1. The number of anilines is 1. The van der Waals surface area contributed by atoms with Crippen LogP contribution in [-0.4, -0.2) is 16.1 Å². The van der Waals surface area contributed by atoms with Crippen molar-refractivity contribution in [3.05, 3.63) is 11.4 Å². The second kappa shape index (κ2) is 2.23. The number of hydrogen-bond acceptors (Lipinski definition) is 3. The SMILES string of the molecule is NC(=O)c1n[nH]c(C2CC2)c1N. The molecule has 0 atom stereocenters. The summed E-state index contributed by atoms with van der Waals surface area (Å²) in [5.41, 5.74) is 12.1. The number of nitrogens with two attached hydrogens (primary N) is 2. The van der Waals surface area contributed by atoms with Gasteiger partial charge in [0.2, 0.25) is 0 Å². The number of amides is 1. The highest BCUT2D eigenvalue weighted by molar-refractivity contribution is 5.96. The van der Waals surface area contributed by atoms with Crippen LogP contribution in [0.15, 0.2) is 0 Å². The Morgan fingerprint density at radius 2 is 2.25 bits per heavy atom. The van der Waals surface area contributed by atoms with Crippen molar-refractivity contribution in [2.24, 2.45) is 5.73 Å². The number of carbonyl (C=O) groups is 1.